The first-order chi connectivity index (χ1) is 13.7. The number of nitrogens with one attached hydrogen (secondary N) is 1. The molecule has 0 bridgehead atoms. The van der Waals surface area contributed by atoms with Crippen LogP contribution < -0.4 is 10.0 Å². The minimum absolute atomic E-state index is 0.00670. The summed E-state index contributed by atoms with van der Waals surface area (Å²) in [5.41, 5.74) is 0.444. The Balaban J connectivity index is 1.79. The minimum atomic E-state index is -4.40. The van der Waals surface area contributed by atoms with Crippen LogP contribution in [-0.4, -0.2) is 16.1 Å². The van der Waals surface area contributed by atoms with Crippen LogP contribution >= 0.6 is 11.3 Å². The predicted octanol–water partition coefficient (Wildman–Crippen LogP) is 4.48. The highest BCUT2D eigenvalue weighted by Crippen LogP contribution is 2.32. The minimum Gasteiger partial charge on any atom is -0.337 e. The first kappa shape index (κ1) is 20.8. The number of nitrogens with zero attached hydrogens (tertiary/aromatic N) is 2. The molecule has 2 aromatic heterocycles. The first-order valence-corrected chi connectivity index (χ1v) is 9.68. The van der Waals surface area contributed by atoms with Crippen molar-refractivity contribution in [3.8, 4) is 10.6 Å². The number of benzene rings is 1. The zero-order chi connectivity index (χ0) is 21.2. The van der Waals surface area contributed by atoms with Crippen molar-refractivity contribution in [3.63, 3.8) is 0 Å². The summed E-state index contributed by atoms with van der Waals surface area (Å²) in [5, 5.41) is 14.9. The molecule has 29 heavy (non-hydrogen) atoms. The summed E-state index contributed by atoms with van der Waals surface area (Å²) in [7, 11) is 0. The third kappa shape index (κ3) is 4.73. The Kier molecular flexibility index (Phi) is 5.88. The number of alkyl halides is 3. The van der Waals surface area contributed by atoms with Crippen molar-refractivity contribution in [2.75, 3.05) is 0 Å². The molecule has 1 unspecified atom stereocenters. The van der Waals surface area contributed by atoms with Crippen LogP contribution in [-0.2, 0) is 6.18 Å². The van der Waals surface area contributed by atoms with Gasteiger partial charge in [-0.25, -0.2) is 4.98 Å². The number of hydrogen-bond acceptors (Lipinski definition) is 4. The second kappa shape index (κ2) is 8.20. The molecule has 0 radical (unpaired) electrons. The molecule has 0 aliphatic carbocycles. The van der Waals surface area contributed by atoms with Gasteiger partial charge in [-0.15, -0.1) is 11.3 Å². The zero-order valence-corrected chi connectivity index (χ0v) is 16.5. The van der Waals surface area contributed by atoms with Gasteiger partial charge in [-0.1, -0.05) is 26.0 Å². The molecule has 3 rings (SSSR count). The number of hydrogen-bond donors (Lipinski definition) is 2. The van der Waals surface area contributed by atoms with E-state index in [4.69, 9.17) is 0 Å². The highest BCUT2D eigenvalue weighted by molar-refractivity contribution is 7.13. The summed E-state index contributed by atoms with van der Waals surface area (Å²) in [5.74, 6) is -0.435. The lowest BCUT2D eigenvalue weighted by Crippen LogP contribution is -2.43. The number of amides is 1. The van der Waals surface area contributed by atoms with Crippen LogP contribution in [0, 0.1) is 5.92 Å². The van der Waals surface area contributed by atoms with E-state index in [1.54, 1.807) is 23.6 Å². The van der Waals surface area contributed by atoms with Gasteiger partial charge in [0.2, 0.25) is 6.20 Å². The summed E-state index contributed by atoms with van der Waals surface area (Å²) in [4.78, 5) is 16.9. The second-order valence-corrected chi connectivity index (χ2v) is 7.64. The average molecular weight is 422 g/mol. The fraction of sp³-hybridized carbons (Fsp3) is 0.250. The van der Waals surface area contributed by atoms with Crippen LogP contribution in [0.2, 0.25) is 0 Å². The molecule has 0 saturated heterocycles. The van der Waals surface area contributed by atoms with E-state index in [1.165, 1.54) is 29.7 Å². The molecule has 152 valence electrons. The Hall–Kier alpha value is -2.94. The second-order valence-electron chi connectivity index (χ2n) is 6.78. The van der Waals surface area contributed by atoms with Gasteiger partial charge in [-0.05, 0) is 24.1 Å². The third-order valence-corrected chi connectivity index (χ3v) is 5.23. The van der Waals surface area contributed by atoms with Crippen molar-refractivity contribution in [2.45, 2.75) is 26.1 Å². The third-order valence-electron chi connectivity index (χ3n) is 4.34. The van der Waals surface area contributed by atoms with Crippen molar-refractivity contribution >= 4 is 17.2 Å². The predicted molar refractivity (Wildman–Crippen MR) is 101 cm³/mol. The molecule has 9 heteroatoms. The van der Waals surface area contributed by atoms with E-state index in [1.807, 2.05) is 13.8 Å². The fourth-order valence-corrected chi connectivity index (χ4v) is 3.61. The van der Waals surface area contributed by atoms with Crippen molar-refractivity contribution in [2.24, 2.45) is 5.92 Å². The van der Waals surface area contributed by atoms with Gasteiger partial charge in [-0.3, -0.25) is 10.0 Å². The molecule has 1 amide bonds. The monoisotopic (exact) mass is 422 g/mol. The summed E-state index contributed by atoms with van der Waals surface area (Å²) in [6.45, 7) is 3.82. The lowest BCUT2D eigenvalue weighted by Gasteiger charge is -2.18. The molecular weight excluding hydrogens is 403 g/mol. The lowest BCUT2D eigenvalue weighted by molar-refractivity contribution is -0.910. The summed E-state index contributed by atoms with van der Waals surface area (Å²) in [6, 6.07) is 9.32. The van der Waals surface area contributed by atoms with Gasteiger partial charge in [0.05, 0.1) is 5.56 Å². The first-order valence-electron chi connectivity index (χ1n) is 8.80. The molecular formula is C20H19F3N3O2S+. The lowest BCUT2D eigenvalue weighted by atomic mass is 10.00. The molecule has 0 spiro atoms. The van der Waals surface area contributed by atoms with E-state index in [2.05, 4.69) is 10.3 Å². The Labute approximate surface area is 169 Å². The smallest absolute Gasteiger partial charge is 0.337 e. The van der Waals surface area contributed by atoms with Crippen LogP contribution in [0.4, 0.5) is 13.2 Å². The van der Waals surface area contributed by atoms with Gasteiger partial charge in [0.1, 0.15) is 16.7 Å². The number of pyridine rings is 1. The van der Waals surface area contributed by atoms with Crippen LogP contribution in [0.1, 0.15) is 41.6 Å². The van der Waals surface area contributed by atoms with E-state index < -0.39 is 23.7 Å². The summed E-state index contributed by atoms with van der Waals surface area (Å²) < 4.78 is 39.1. The average Bonchev–Trinajstić information content (AvgIpc) is 3.16. The molecule has 5 nitrogen and oxygen atoms in total. The van der Waals surface area contributed by atoms with E-state index >= 15 is 0 Å². The maximum absolute atomic E-state index is 12.7. The normalized spacial score (nSPS) is 12.8. The Morgan fingerprint density at radius 1 is 1.17 bits per heavy atom. The fourth-order valence-electron chi connectivity index (χ4n) is 2.80. The van der Waals surface area contributed by atoms with Crippen LogP contribution in [0.15, 0.2) is 54.0 Å². The topological polar surface area (TPSA) is 66.1 Å². The van der Waals surface area contributed by atoms with Gasteiger partial charge in [0, 0.05) is 27.8 Å². The van der Waals surface area contributed by atoms with Crippen molar-refractivity contribution in [3.05, 3.63) is 71.0 Å². The SMILES string of the molecule is CC(C)C(NC(=O)c1csc(-c2ccc(C(F)(F)F)cc2)n1)c1cccc[n+]1O. The Morgan fingerprint density at radius 2 is 1.86 bits per heavy atom. The number of halogens is 3. The molecule has 3 aromatic rings. The van der Waals surface area contributed by atoms with Crippen LogP contribution in [0.5, 0.6) is 0 Å². The summed E-state index contributed by atoms with van der Waals surface area (Å²) >= 11 is 1.17. The number of thiazole rings is 1. The number of aromatic nitrogens is 2. The Bertz CT molecular complexity index is 1000. The van der Waals surface area contributed by atoms with Crippen molar-refractivity contribution in [1.82, 2.24) is 10.3 Å². The maximum atomic E-state index is 12.7. The highest BCUT2D eigenvalue weighted by Gasteiger charge is 2.30. The molecule has 0 fully saturated rings. The van der Waals surface area contributed by atoms with Crippen LogP contribution in [0.3, 0.4) is 0 Å². The van der Waals surface area contributed by atoms with Crippen molar-refractivity contribution < 1.29 is 27.9 Å². The van der Waals surface area contributed by atoms with E-state index in [9.17, 15) is 23.2 Å². The Morgan fingerprint density at radius 3 is 2.45 bits per heavy atom. The van der Waals surface area contributed by atoms with Gasteiger partial charge in [-0.2, -0.15) is 13.2 Å². The van der Waals surface area contributed by atoms with Gasteiger partial charge < -0.3 is 5.32 Å². The number of rotatable bonds is 5. The van der Waals surface area contributed by atoms with E-state index in [0.717, 1.165) is 16.9 Å². The van der Waals surface area contributed by atoms with Gasteiger partial charge in [0.25, 0.3) is 11.6 Å². The molecule has 0 saturated carbocycles. The molecule has 2 N–H and O–H groups in total. The van der Waals surface area contributed by atoms with E-state index in [0.29, 0.717) is 16.3 Å². The maximum Gasteiger partial charge on any atom is 0.416 e. The molecule has 2 heterocycles. The summed E-state index contributed by atoms with van der Waals surface area (Å²) in [6.07, 6.45) is -2.93. The van der Waals surface area contributed by atoms with Gasteiger partial charge in [0.15, 0.2) is 0 Å². The van der Waals surface area contributed by atoms with Crippen LogP contribution in [0.25, 0.3) is 10.6 Å². The largest absolute Gasteiger partial charge is 0.416 e. The standard InChI is InChI=1S/C20H18F3N3O2S/c1-12(2)17(16-5-3-4-10-26(16)28)25-18(27)15-11-29-19(24-15)13-6-8-14(9-7-13)20(21,22)23/h3-12,17H,1-2H3,(H-,25,27,28)/p+1. The number of carbonyl (C=O) groups is 1. The molecule has 0 aliphatic rings. The van der Waals surface area contributed by atoms with Crippen molar-refractivity contribution in [1.29, 1.82) is 0 Å². The molecule has 1 aromatic carbocycles. The van der Waals surface area contributed by atoms with Gasteiger partial charge >= 0.3 is 6.18 Å². The van der Waals surface area contributed by atoms with E-state index in [-0.39, 0.29) is 11.6 Å². The number of carbonyl (C=O) groups excluding carboxylic acids is 1. The zero-order valence-electron chi connectivity index (χ0n) is 15.6. The highest BCUT2D eigenvalue weighted by atomic mass is 32.1. The molecule has 0 aliphatic heterocycles. The molecule has 1 atom stereocenters. The quantitative estimate of drug-likeness (QED) is 0.471.